The Balaban J connectivity index is 1.78. The molecule has 1 saturated heterocycles. The second-order valence-electron chi connectivity index (χ2n) is 5.62. The Morgan fingerprint density at radius 1 is 1.14 bits per heavy atom. The minimum absolute atomic E-state index is 0.259. The van der Waals surface area contributed by atoms with Gasteiger partial charge in [0.15, 0.2) is 0 Å². The van der Waals surface area contributed by atoms with E-state index in [0.29, 0.717) is 17.8 Å². The molecule has 0 radical (unpaired) electrons. The van der Waals surface area contributed by atoms with Crippen LogP contribution in [0.4, 0.5) is 13.2 Å². The highest BCUT2D eigenvalue weighted by Crippen LogP contribution is 2.31. The molecule has 1 aromatic rings. The molecule has 1 aromatic heterocycles. The second kappa shape index (κ2) is 6.15. The van der Waals surface area contributed by atoms with E-state index in [0.717, 1.165) is 36.7 Å². The van der Waals surface area contributed by atoms with E-state index in [1.807, 2.05) is 0 Å². The van der Waals surface area contributed by atoms with Crippen molar-refractivity contribution in [3.63, 3.8) is 0 Å². The van der Waals surface area contributed by atoms with Crippen molar-refractivity contribution in [2.24, 2.45) is 0 Å². The van der Waals surface area contributed by atoms with Gasteiger partial charge in [0, 0.05) is 12.1 Å². The zero-order chi connectivity index (χ0) is 15.6. The largest absolute Gasteiger partial charge is 0.433 e. The maximum absolute atomic E-state index is 13.2. The van der Waals surface area contributed by atoms with Crippen LogP contribution in [0.5, 0.6) is 0 Å². The zero-order valence-electron chi connectivity index (χ0n) is 12.2. The van der Waals surface area contributed by atoms with Crippen molar-refractivity contribution in [3.05, 3.63) is 41.4 Å². The Morgan fingerprint density at radius 3 is 2.55 bits per heavy atom. The summed E-state index contributed by atoms with van der Waals surface area (Å²) in [7, 11) is 0. The highest BCUT2D eigenvalue weighted by Gasteiger charge is 2.36. The smallest absolute Gasteiger partial charge is 0.301 e. The topological polar surface area (TPSA) is 21.1 Å². The number of nitrogens with zero attached hydrogens (tertiary/aromatic N) is 3. The summed E-state index contributed by atoms with van der Waals surface area (Å²) in [5.74, 6) is 0. The molecular formula is C16H18F3N3. The average molecular weight is 309 g/mol. The fourth-order valence-corrected chi connectivity index (χ4v) is 2.86. The average Bonchev–Trinajstić information content (AvgIpc) is 3.14. The van der Waals surface area contributed by atoms with Crippen LogP contribution in [0.25, 0.3) is 5.57 Å². The molecule has 22 heavy (non-hydrogen) atoms. The van der Waals surface area contributed by atoms with Gasteiger partial charge in [0.1, 0.15) is 11.4 Å². The van der Waals surface area contributed by atoms with Crippen LogP contribution in [0.15, 0.2) is 30.0 Å². The monoisotopic (exact) mass is 309 g/mol. The third kappa shape index (κ3) is 3.34. The number of aromatic nitrogens is 2. The molecule has 1 aliphatic heterocycles. The summed E-state index contributed by atoms with van der Waals surface area (Å²) in [4.78, 5) is 2.21. The van der Waals surface area contributed by atoms with Crippen LogP contribution in [-0.4, -0.2) is 34.3 Å². The van der Waals surface area contributed by atoms with Crippen LogP contribution in [-0.2, 0) is 12.7 Å². The van der Waals surface area contributed by atoms with Gasteiger partial charge in [0.25, 0.3) is 0 Å². The van der Waals surface area contributed by atoms with Crippen molar-refractivity contribution in [1.82, 2.24) is 14.7 Å². The first-order chi connectivity index (χ1) is 10.5. The van der Waals surface area contributed by atoms with Gasteiger partial charge in [-0.3, -0.25) is 4.68 Å². The van der Waals surface area contributed by atoms with Crippen molar-refractivity contribution >= 4 is 5.57 Å². The third-order valence-electron chi connectivity index (χ3n) is 4.02. The number of alkyl halides is 3. The number of hydrogen-bond acceptors (Lipinski definition) is 2. The predicted molar refractivity (Wildman–Crippen MR) is 78.2 cm³/mol. The normalized spacial score (nSPS) is 19.0. The first-order valence-electron chi connectivity index (χ1n) is 7.55. The van der Waals surface area contributed by atoms with Crippen molar-refractivity contribution in [1.29, 1.82) is 0 Å². The third-order valence-corrected chi connectivity index (χ3v) is 4.02. The molecular weight excluding hydrogens is 291 g/mol. The SMILES string of the molecule is FC(F)(F)c1cc(C2=C=CC=C2)nn1CCN1CCCCC1. The molecule has 0 unspecified atom stereocenters. The first kappa shape index (κ1) is 15.1. The van der Waals surface area contributed by atoms with E-state index in [9.17, 15) is 13.2 Å². The molecule has 3 rings (SSSR count). The quantitative estimate of drug-likeness (QED) is 0.794. The fourth-order valence-electron chi connectivity index (χ4n) is 2.86. The molecule has 2 aliphatic rings. The highest BCUT2D eigenvalue weighted by molar-refractivity contribution is 5.74. The van der Waals surface area contributed by atoms with E-state index in [1.165, 1.54) is 6.42 Å². The van der Waals surface area contributed by atoms with E-state index in [-0.39, 0.29) is 6.54 Å². The molecule has 0 atom stereocenters. The summed E-state index contributed by atoms with van der Waals surface area (Å²) in [5.41, 5.74) is 3.14. The number of piperidine rings is 1. The van der Waals surface area contributed by atoms with Crippen LogP contribution in [0.3, 0.4) is 0 Å². The standard InChI is InChI=1S/C16H18F3N3/c17-16(18,19)15-12-14(13-6-2-3-7-13)20-22(15)11-10-21-8-4-1-5-9-21/h2-3,6,12H,1,4-5,8-11H2. The van der Waals surface area contributed by atoms with Crippen LogP contribution in [0, 0.1) is 0 Å². The number of hydrogen-bond donors (Lipinski definition) is 0. The number of rotatable bonds is 4. The molecule has 0 saturated carbocycles. The molecule has 3 nitrogen and oxygen atoms in total. The lowest BCUT2D eigenvalue weighted by Gasteiger charge is -2.26. The Kier molecular flexibility index (Phi) is 4.23. The number of likely N-dealkylation sites (tertiary alicyclic amines) is 1. The molecule has 0 spiro atoms. The number of halogens is 3. The van der Waals surface area contributed by atoms with Gasteiger partial charge < -0.3 is 4.90 Å². The number of allylic oxidation sites excluding steroid dienone is 3. The fraction of sp³-hybridized carbons (Fsp3) is 0.500. The summed E-state index contributed by atoms with van der Waals surface area (Å²) >= 11 is 0. The predicted octanol–water partition coefficient (Wildman–Crippen LogP) is 3.50. The summed E-state index contributed by atoms with van der Waals surface area (Å²) in [5, 5.41) is 4.14. The summed E-state index contributed by atoms with van der Waals surface area (Å²) in [6.07, 6.45) is 4.21. The molecule has 0 bridgehead atoms. The Morgan fingerprint density at radius 2 is 1.91 bits per heavy atom. The van der Waals surface area contributed by atoms with Gasteiger partial charge in [-0.25, -0.2) is 0 Å². The molecule has 1 aliphatic carbocycles. The minimum Gasteiger partial charge on any atom is -0.301 e. The van der Waals surface area contributed by atoms with Gasteiger partial charge in [-0.15, -0.1) is 5.73 Å². The lowest BCUT2D eigenvalue weighted by molar-refractivity contribution is -0.144. The lowest BCUT2D eigenvalue weighted by Crippen LogP contribution is -2.33. The zero-order valence-corrected chi connectivity index (χ0v) is 12.2. The van der Waals surface area contributed by atoms with Gasteiger partial charge >= 0.3 is 6.18 Å². The van der Waals surface area contributed by atoms with Crippen molar-refractivity contribution < 1.29 is 13.2 Å². The molecule has 6 heteroatoms. The van der Waals surface area contributed by atoms with Crippen LogP contribution >= 0.6 is 0 Å². The van der Waals surface area contributed by atoms with Crippen LogP contribution in [0.2, 0.25) is 0 Å². The molecule has 1 fully saturated rings. The summed E-state index contributed by atoms with van der Waals surface area (Å²) in [6, 6.07) is 1.11. The summed E-state index contributed by atoms with van der Waals surface area (Å²) in [6.45, 7) is 2.79. The summed E-state index contributed by atoms with van der Waals surface area (Å²) < 4.78 is 40.6. The molecule has 0 N–H and O–H groups in total. The first-order valence-corrected chi connectivity index (χ1v) is 7.55. The Hall–Kier alpha value is -1.78. The van der Waals surface area contributed by atoms with Crippen molar-refractivity contribution in [2.75, 3.05) is 19.6 Å². The van der Waals surface area contributed by atoms with Gasteiger partial charge in [0.05, 0.1) is 6.54 Å². The van der Waals surface area contributed by atoms with Crippen molar-refractivity contribution in [3.8, 4) is 0 Å². The highest BCUT2D eigenvalue weighted by atomic mass is 19.4. The molecule has 118 valence electrons. The van der Waals surface area contributed by atoms with E-state index in [2.05, 4.69) is 15.7 Å². The lowest BCUT2D eigenvalue weighted by atomic mass is 10.1. The van der Waals surface area contributed by atoms with E-state index < -0.39 is 11.9 Å². The van der Waals surface area contributed by atoms with Crippen LogP contribution in [0.1, 0.15) is 30.7 Å². The van der Waals surface area contributed by atoms with Crippen molar-refractivity contribution in [2.45, 2.75) is 32.0 Å². The molecule has 0 aromatic carbocycles. The Bertz CT molecular complexity index is 628. The van der Waals surface area contributed by atoms with Crippen LogP contribution < -0.4 is 0 Å². The van der Waals surface area contributed by atoms with Gasteiger partial charge in [-0.1, -0.05) is 12.5 Å². The van der Waals surface area contributed by atoms with E-state index >= 15 is 0 Å². The van der Waals surface area contributed by atoms with Gasteiger partial charge in [-0.05, 0) is 44.1 Å². The van der Waals surface area contributed by atoms with E-state index in [1.54, 1.807) is 18.2 Å². The van der Waals surface area contributed by atoms with Gasteiger partial charge in [0.2, 0.25) is 0 Å². The minimum atomic E-state index is -4.39. The second-order valence-corrected chi connectivity index (χ2v) is 5.62. The maximum atomic E-state index is 13.2. The van der Waals surface area contributed by atoms with E-state index in [4.69, 9.17) is 0 Å². The maximum Gasteiger partial charge on any atom is 0.433 e. The molecule has 0 amide bonds. The van der Waals surface area contributed by atoms with Gasteiger partial charge in [-0.2, -0.15) is 18.3 Å². The Labute approximate surface area is 127 Å². The molecule has 2 heterocycles.